The first kappa shape index (κ1) is 21.9. The molecule has 1 spiro atoms. The van der Waals surface area contributed by atoms with Crippen LogP contribution in [0.3, 0.4) is 0 Å². The molecule has 1 saturated carbocycles. The van der Waals surface area contributed by atoms with Gasteiger partial charge < -0.3 is 19.7 Å². The quantitative estimate of drug-likeness (QED) is 0.573. The Balaban J connectivity index is 1.04. The lowest BCUT2D eigenvalue weighted by Crippen LogP contribution is -2.47. The number of nitrogens with zero attached hydrogens (tertiary/aromatic N) is 3. The van der Waals surface area contributed by atoms with E-state index in [9.17, 15) is 9.90 Å². The van der Waals surface area contributed by atoms with Crippen LogP contribution in [0.25, 0.3) is 11.0 Å². The number of benzene rings is 2. The van der Waals surface area contributed by atoms with Gasteiger partial charge >= 0.3 is 0 Å². The van der Waals surface area contributed by atoms with E-state index in [1.807, 2.05) is 43.6 Å². The molecule has 1 amide bonds. The van der Waals surface area contributed by atoms with E-state index < -0.39 is 11.0 Å². The van der Waals surface area contributed by atoms with E-state index >= 15 is 0 Å². The van der Waals surface area contributed by atoms with Gasteiger partial charge in [-0.05, 0) is 81.6 Å². The fourth-order valence-corrected chi connectivity index (χ4v) is 6.05. The second-order valence-corrected chi connectivity index (χ2v) is 10.7. The number of hydrogen-bond acceptors (Lipinski definition) is 5. The van der Waals surface area contributed by atoms with Crippen molar-refractivity contribution in [1.82, 2.24) is 14.5 Å². The smallest absolute Gasteiger partial charge is 0.235 e. The molecule has 2 aliphatic heterocycles. The summed E-state index contributed by atoms with van der Waals surface area (Å²) in [6.07, 6.45) is 4.94. The normalized spacial score (nSPS) is 25.9. The number of ether oxygens (including phenoxy) is 1. The largest absolute Gasteiger partial charge is 0.492 e. The molecule has 0 radical (unpaired) electrons. The molecule has 8 heteroatoms. The minimum atomic E-state index is -0.559. The number of likely N-dealkylation sites (tertiary alicyclic amines) is 1. The fourth-order valence-electron chi connectivity index (χ4n) is 5.88. The standard InChI is InChI=1S/C26H29ClN4O3/c1-25(33)14-18(15-25)31-16-28-22-13-19(3-5-23(22)31)34-11-10-30-8-6-26(7-9-30)20-12-17(27)2-4-21(20)29-24(26)32/h2-5,12-13,16,18,33H,6-11,14-15H2,1H3,(H,29,32). The van der Waals surface area contributed by atoms with E-state index in [0.29, 0.717) is 17.7 Å². The van der Waals surface area contributed by atoms with Crippen molar-refractivity contribution in [1.29, 1.82) is 0 Å². The SMILES string of the molecule is CC1(O)CC(n2cnc3cc(OCCN4CCC5(CC4)C(=O)Nc4ccc(Cl)cc45)ccc32)C1. The van der Waals surface area contributed by atoms with Crippen LogP contribution in [0.4, 0.5) is 5.69 Å². The zero-order chi connectivity index (χ0) is 23.5. The summed E-state index contributed by atoms with van der Waals surface area (Å²) in [5, 5.41) is 13.8. The molecule has 2 aromatic carbocycles. The number of amides is 1. The Morgan fingerprint density at radius 3 is 2.76 bits per heavy atom. The van der Waals surface area contributed by atoms with E-state index in [1.165, 1.54) is 0 Å². The van der Waals surface area contributed by atoms with Crippen molar-refractivity contribution in [3.05, 3.63) is 53.3 Å². The summed E-state index contributed by atoms with van der Waals surface area (Å²) in [4.78, 5) is 19.7. The minimum absolute atomic E-state index is 0.0962. The van der Waals surface area contributed by atoms with Crippen molar-refractivity contribution < 1.29 is 14.6 Å². The summed E-state index contributed by atoms with van der Waals surface area (Å²) in [6, 6.07) is 12.0. The lowest BCUT2D eigenvalue weighted by atomic mass is 9.73. The third-order valence-corrected chi connectivity index (χ3v) is 8.09. The molecule has 0 unspecified atom stereocenters. The number of hydrogen-bond donors (Lipinski definition) is 2. The molecule has 2 N–H and O–H groups in total. The molecule has 1 aliphatic carbocycles. The molecule has 0 bridgehead atoms. The molecular weight excluding hydrogens is 452 g/mol. The number of anilines is 1. The highest BCUT2D eigenvalue weighted by molar-refractivity contribution is 6.31. The Hall–Kier alpha value is -2.61. The maximum atomic E-state index is 12.8. The van der Waals surface area contributed by atoms with Gasteiger partial charge in [-0.25, -0.2) is 4.98 Å². The highest BCUT2D eigenvalue weighted by atomic mass is 35.5. The third-order valence-electron chi connectivity index (χ3n) is 7.86. The monoisotopic (exact) mass is 480 g/mol. The van der Waals surface area contributed by atoms with Crippen molar-refractivity contribution in [3.8, 4) is 5.75 Å². The van der Waals surface area contributed by atoms with Crippen LogP contribution in [-0.2, 0) is 10.2 Å². The topological polar surface area (TPSA) is 79.6 Å². The van der Waals surface area contributed by atoms with Gasteiger partial charge in [0, 0.05) is 29.4 Å². The Bertz CT molecular complexity index is 1250. The van der Waals surface area contributed by atoms with Gasteiger partial charge in [0.2, 0.25) is 5.91 Å². The molecule has 7 nitrogen and oxygen atoms in total. The number of nitrogens with one attached hydrogen (secondary N) is 1. The molecule has 3 aromatic rings. The predicted molar refractivity (Wildman–Crippen MR) is 132 cm³/mol. The second kappa shape index (κ2) is 7.97. The summed E-state index contributed by atoms with van der Waals surface area (Å²) in [6.45, 7) is 4.96. The maximum absolute atomic E-state index is 12.8. The Morgan fingerprint density at radius 2 is 2.00 bits per heavy atom. The van der Waals surface area contributed by atoms with Crippen LogP contribution in [0.1, 0.15) is 44.2 Å². The van der Waals surface area contributed by atoms with E-state index in [2.05, 4.69) is 25.8 Å². The lowest BCUT2D eigenvalue weighted by molar-refractivity contribution is -0.122. The molecule has 6 rings (SSSR count). The number of imidazole rings is 1. The van der Waals surface area contributed by atoms with Gasteiger partial charge in [-0.2, -0.15) is 0 Å². The van der Waals surface area contributed by atoms with Crippen molar-refractivity contribution >= 4 is 34.2 Å². The van der Waals surface area contributed by atoms with E-state index in [1.54, 1.807) is 0 Å². The Kier molecular flexibility index (Phi) is 5.13. The molecule has 1 aromatic heterocycles. The van der Waals surface area contributed by atoms with Gasteiger partial charge in [0.05, 0.1) is 28.4 Å². The van der Waals surface area contributed by atoms with Crippen molar-refractivity contribution in [2.45, 2.75) is 49.7 Å². The first-order valence-corrected chi connectivity index (χ1v) is 12.4. The molecule has 3 heterocycles. The van der Waals surface area contributed by atoms with Crippen LogP contribution < -0.4 is 10.1 Å². The Labute approximate surface area is 203 Å². The minimum Gasteiger partial charge on any atom is -0.492 e. The van der Waals surface area contributed by atoms with E-state index in [-0.39, 0.29) is 5.91 Å². The molecule has 34 heavy (non-hydrogen) atoms. The summed E-state index contributed by atoms with van der Waals surface area (Å²) in [7, 11) is 0. The lowest BCUT2D eigenvalue weighted by Gasteiger charge is -2.41. The molecular formula is C26H29ClN4O3. The van der Waals surface area contributed by atoms with Crippen molar-refractivity contribution in [2.24, 2.45) is 0 Å². The van der Waals surface area contributed by atoms with Crippen LogP contribution in [0, 0.1) is 0 Å². The van der Waals surface area contributed by atoms with Crippen LogP contribution in [0.15, 0.2) is 42.7 Å². The highest BCUT2D eigenvalue weighted by Crippen LogP contribution is 2.46. The first-order valence-electron chi connectivity index (χ1n) is 12.0. The second-order valence-electron chi connectivity index (χ2n) is 10.3. The molecule has 1 saturated heterocycles. The zero-order valence-electron chi connectivity index (χ0n) is 19.3. The summed E-state index contributed by atoms with van der Waals surface area (Å²) in [5.74, 6) is 0.907. The average molecular weight is 481 g/mol. The number of carbonyl (C=O) groups is 1. The molecule has 3 aliphatic rings. The number of carbonyl (C=O) groups excluding carboxylic acids is 1. The van der Waals surface area contributed by atoms with Crippen LogP contribution >= 0.6 is 11.6 Å². The van der Waals surface area contributed by atoms with Gasteiger partial charge in [0.15, 0.2) is 0 Å². The summed E-state index contributed by atoms with van der Waals surface area (Å²) >= 11 is 6.22. The van der Waals surface area contributed by atoms with Gasteiger partial charge in [-0.3, -0.25) is 9.69 Å². The van der Waals surface area contributed by atoms with Crippen LogP contribution in [0.2, 0.25) is 5.02 Å². The number of halogens is 1. The van der Waals surface area contributed by atoms with Crippen LogP contribution in [0.5, 0.6) is 5.75 Å². The first-order chi connectivity index (χ1) is 16.3. The fraction of sp³-hybridized carbons (Fsp3) is 0.462. The summed E-state index contributed by atoms with van der Waals surface area (Å²) in [5.41, 5.74) is 2.90. The van der Waals surface area contributed by atoms with E-state index in [0.717, 1.165) is 73.4 Å². The predicted octanol–water partition coefficient (Wildman–Crippen LogP) is 4.14. The third kappa shape index (κ3) is 3.67. The highest BCUT2D eigenvalue weighted by Gasteiger charge is 2.48. The number of aromatic nitrogens is 2. The van der Waals surface area contributed by atoms with Gasteiger partial charge in [-0.1, -0.05) is 11.6 Å². The number of aliphatic hydroxyl groups is 1. The average Bonchev–Trinajstić information content (AvgIpc) is 3.32. The van der Waals surface area contributed by atoms with Crippen LogP contribution in [-0.4, -0.2) is 57.3 Å². The maximum Gasteiger partial charge on any atom is 0.235 e. The van der Waals surface area contributed by atoms with Gasteiger partial charge in [0.25, 0.3) is 0 Å². The van der Waals surface area contributed by atoms with Gasteiger partial charge in [-0.15, -0.1) is 0 Å². The number of rotatable bonds is 5. The molecule has 2 fully saturated rings. The zero-order valence-corrected chi connectivity index (χ0v) is 20.0. The Morgan fingerprint density at radius 1 is 1.21 bits per heavy atom. The van der Waals surface area contributed by atoms with Crippen molar-refractivity contribution in [3.63, 3.8) is 0 Å². The molecule has 0 atom stereocenters. The molecule has 178 valence electrons. The summed E-state index contributed by atoms with van der Waals surface area (Å²) < 4.78 is 8.20. The number of fused-ring (bicyclic) bond motifs is 3. The van der Waals surface area contributed by atoms with Crippen molar-refractivity contribution in [2.75, 3.05) is 31.6 Å². The van der Waals surface area contributed by atoms with E-state index in [4.69, 9.17) is 16.3 Å². The number of piperidine rings is 1. The van der Waals surface area contributed by atoms with Gasteiger partial charge in [0.1, 0.15) is 12.4 Å².